The van der Waals surface area contributed by atoms with E-state index in [-0.39, 0.29) is 15.9 Å². The Kier molecular flexibility index (Phi) is 3.62. The van der Waals surface area contributed by atoms with Gasteiger partial charge in [0.15, 0.2) is 0 Å². The van der Waals surface area contributed by atoms with E-state index in [9.17, 15) is 13.2 Å². The lowest BCUT2D eigenvalue weighted by molar-refractivity contribution is 0.0696. The van der Waals surface area contributed by atoms with Crippen molar-refractivity contribution in [2.24, 2.45) is 11.3 Å². The van der Waals surface area contributed by atoms with Crippen LogP contribution >= 0.6 is 15.9 Å². The van der Waals surface area contributed by atoms with Crippen LogP contribution in [0.4, 0.5) is 0 Å². The molecule has 1 aromatic carbocycles. The SMILES string of the molecule is O=C(O)c1ccc(Br)c(S(=O)(=O)NCC2(C3CC3)CC2)c1. The van der Waals surface area contributed by atoms with Crippen molar-refractivity contribution in [3.63, 3.8) is 0 Å². The molecule has 0 aromatic heterocycles. The Bertz CT molecular complexity index is 693. The summed E-state index contributed by atoms with van der Waals surface area (Å²) in [4.78, 5) is 11.0. The maximum absolute atomic E-state index is 12.4. The number of carbonyl (C=O) groups is 1. The molecule has 3 rings (SSSR count). The number of carboxylic acids is 1. The molecule has 0 bridgehead atoms. The van der Waals surface area contributed by atoms with Crippen molar-refractivity contribution in [3.8, 4) is 0 Å². The Hall–Kier alpha value is -0.920. The molecule has 0 atom stereocenters. The van der Waals surface area contributed by atoms with Gasteiger partial charge in [0.05, 0.1) is 10.5 Å². The van der Waals surface area contributed by atoms with Crippen LogP contribution in [0.25, 0.3) is 0 Å². The van der Waals surface area contributed by atoms with Crippen molar-refractivity contribution < 1.29 is 18.3 Å². The molecule has 2 fully saturated rings. The lowest BCUT2D eigenvalue weighted by Gasteiger charge is -2.16. The van der Waals surface area contributed by atoms with Crippen molar-refractivity contribution in [2.75, 3.05) is 6.54 Å². The van der Waals surface area contributed by atoms with E-state index in [1.807, 2.05) is 0 Å². The monoisotopic (exact) mass is 373 g/mol. The molecule has 0 heterocycles. The van der Waals surface area contributed by atoms with Gasteiger partial charge in [0.2, 0.25) is 10.0 Å². The van der Waals surface area contributed by atoms with Gasteiger partial charge in [-0.15, -0.1) is 0 Å². The summed E-state index contributed by atoms with van der Waals surface area (Å²) in [6.45, 7) is 0.448. The van der Waals surface area contributed by atoms with E-state index >= 15 is 0 Å². The largest absolute Gasteiger partial charge is 0.478 e. The van der Waals surface area contributed by atoms with Crippen LogP contribution < -0.4 is 4.72 Å². The van der Waals surface area contributed by atoms with E-state index in [0.29, 0.717) is 16.9 Å². The third-order valence-corrected chi connectivity index (χ3v) is 6.81. The van der Waals surface area contributed by atoms with Crippen LogP contribution in [0.3, 0.4) is 0 Å². The smallest absolute Gasteiger partial charge is 0.335 e. The molecule has 0 radical (unpaired) electrons. The fraction of sp³-hybridized carbons (Fsp3) is 0.500. The van der Waals surface area contributed by atoms with Gasteiger partial charge < -0.3 is 5.11 Å². The Labute approximate surface area is 131 Å². The molecular weight excluding hydrogens is 358 g/mol. The Morgan fingerprint density at radius 2 is 2.05 bits per heavy atom. The summed E-state index contributed by atoms with van der Waals surface area (Å²) in [6, 6.07) is 4.01. The first-order valence-electron chi connectivity index (χ1n) is 6.87. The van der Waals surface area contributed by atoms with Crippen molar-refractivity contribution in [2.45, 2.75) is 30.6 Å². The van der Waals surface area contributed by atoms with Gasteiger partial charge in [-0.25, -0.2) is 17.9 Å². The Morgan fingerprint density at radius 1 is 1.38 bits per heavy atom. The maximum Gasteiger partial charge on any atom is 0.335 e. The first-order chi connectivity index (χ1) is 9.84. The van der Waals surface area contributed by atoms with Crippen LogP contribution in [0.2, 0.25) is 0 Å². The summed E-state index contributed by atoms with van der Waals surface area (Å²) in [5.41, 5.74) is 0.117. The number of aromatic carboxylic acids is 1. The zero-order valence-electron chi connectivity index (χ0n) is 11.3. The number of hydrogen-bond donors (Lipinski definition) is 2. The second-order valence-electron chi connectivity index (χ2n) is 5.91. The lowest BCUT2D eigenvalue weighted by atomic mass is 10.0. The zero-order chi connectivity index (χ0) is 15.3. The highest BCUT2D eigenvalue weighted by Crippen LogP contribution is 2.60. The van der Waals surface area contributed by atoms with Crippen LogP contribution in [0.15, 0.2) is 27.6 Å². The van der Waals surface area contributed by atoms with Gasteiger partial charge in [0, 0.05) is 11.0 Å². The minimum Gasteiger partial charge on any atom is -0.478 e. The van der Waals surface area contributed by atoms with Crippen LogP contribution in [0.5, 0.6) is 0 Å². The second-order valence-corrected chi connectivity index (χ2v) is 8.50. The first-order valence-corrected chi connectivity index (χ1v) is 9.14. The van der Waals surface area contributed by atoms with Gasteiger partial charge in [0.25, 0.3) is 0 Å². The van der Waals surface area contributed by atoms with E-state index in [4.69, 9.17) is 5.11 Å². The molecule has 2 N–H and O–H groups in total. The van der Waals surface area contributed by atoms with Crippen LogP contribution in [0.1, 0.15) is 36.0 Å². The highest BCUT2D eigenvalue weighted by atomic mass is 79.9. The number of rotatable bonds is 6. The molecule has 114 valence electrons. The Balaban J connectivity index is 1.81. The molecule has 7 heteroatoms. The normalized spacial score (nSPS) is 20.2. The third-order valence-electron chi connectivity index (χ3n) is 4.42. The van der Waals surface area contributed by atoms with Crippen LogP contribution in [0, 0.1) is 11.3 Å². The Morgan fingerprint density at radius 3 is 2.57 bits per heavy atom. The average molecular weight is 374 g/mol. The van der Waals surface area contributed by atoms with Gasteiger partial charge in [-0.05, 0) is 71.1 Å². The number of sulfonamides is 1. The van der Waals surface area contributed by atoms with E-state index in [2.05, 4.69) is 20.7 Å². The number of hydrogen-bond acceptors (Lipinski definition) is 3. The standard InChI is InChI=1S/C14H16BrNO4S/c15-11-4-1-9(13(17)18)7-12(11)21(19,20)16-8-14(5-6-14)10-2-3-10/h1,4,7,10,16H,2-3,5-6,8H2,(H,17,18). The fourth-order valence-electron chi connectivity index (χ4n) is 2.74. The van der Waals surface area contributed by atoms with Crippen LogP contribution in [-0.2, 0) is 10.0 Å². The molecule has 0 unspecified atom stereocenters. The molecule has 2 aliphatic rings. The molecule has 0 saturated heterocycles. The molecule has 0 spiro atoms. The second kappa shape index (κ2) is 5.07. The summed E-state index contributed by atoms with van der Waals surface area (Å²) in [5.74, 6) is -0.482. The summed E-state index contributed by atoms with van der Waals surface area (Å²) in [5, 5.41) is 8.99. The van der Waals surface area contributed by atoms with Gasteiger partial charge in [0.1, 0.15) is 0 Å². The number of nitrogens with one attached hydrogen (secondary N) is 1. The summed E-state index contributed by atoms with van der Waals surface area (Å²) >= 11 is 3.18. The van der Waals surface area contributed by atoms with Gasteiger partial charge in [-0.1, -0.05) is 0 Å². The summed E-state index contributed by atoms with van der Waals surface area (Å²) in [7, 11) is -3.71. The molecule has 2 saturated carbocycles. The minimum atomic E-state index is -3.71. The average Bonchev–Trinajstić information content (AvgIpc) is 3.28. The highest BCUT2D eigenvalue weighted by Gasteiger charge is 2.53. The van der Waals surface area contributed by atoms with Crippen molar-refractivity contribution in [3.05, 3.63) is 28.2 Å². The molecular formula is C14H16BrNO4S. The quantitative estimate of drug-likeness (QED) is 0.802. The maximum atomic E-state index is 12.4. The van der Waals surface area contributed by atoms with Gasteiger partial charge in [-0.3, -0.25) is 0 Å². The van der Waals surface area contributed by atoms with Gasteiger partial charge in [-0.2, -0.15) is 0 Å². The van der Waals surface area contributed by atoms with Crippen molar-refractivity contribution in [1.82, 2.24) is 4.72 Å². The predicted octanol–water partition coefficient (Wildman–Crippen LogP) is 2.62. The molecule has 1 aromatic rings. The predicted molar refractivity (Wildman–Crippen MR) is 80.7 cm³/mol. The lowest BCUT2D eigenvalue weighted by Crippen LogP contribution is -2.31. The third kappa shape index (κ3) is 3.00. The number of halogens is 1. The molecule has 0 amide bonds. The number of benzene rings is 1. The van der Waals surface area contributed by atoms with Crippen molar-refractivity contribution >= 4 is 31.9 Å². The summed E-state index contributed by atoms with van der Waals surface area (Å²) in [6.07, 6.45) is 4.55. The first kappa shape index (κ1) is 15.0. The van der Waals surface area contributed by atoms with Gasteiger partial charge >= 0.3 is 5.97 Å². The van der Waals surface area contributed by atoms with E-state index in [1.165, 1.54) is 31.0 Å². The summed E-state index contributed by atoms with van der Waals surface area (Å²) < 4.78 is 27.8. The van der Waals surface area contributed by atoms with E-state index in [0.717, 1.165) is 12.8 Å². The zero-order valence-corrected chi connectivity index (χ0v) is 13.7. The van der Waals surface area contributed by atoms with E-state index in [1.54, 1.807) is 0 Å². The van der Waals surface area contributed by atoms with E-state index < -0.39 is 16.0 Å². The molecule has 5 nitrogen and oxygen atoms in total. The van der Waals surface area contributed by atoms with Crippen LogP contribution in [-0.4, -0.2) is 26.0 Å². The topological polar surface area (TPSA) is 83.5 Å². The molecule has 0 aliphatic heterocycles. The highest BCUT2D eigenvalue weighted by molar-refractivity contribution is 9.10. The number of carboxylic acid groups (broad SMARTS) is 1. The minimum absolute atomic E-state index is 0.0194. The van der Waals surface area contributed by atoms with Crippen molar-refractivity contribution in [1.29, 1.82) is 0 Å². The molecule has 2 aliphatic carbocycles. The fourth-order valence-corrected chi connectivity index (χ4v) is 4.87. The molecule has 21 heavy (non-hydrogen) atoms.